The molecule has 0 unspecified atom stereocenters. The van der Waals surface area contributed by atoms with E-state index in [1.54, 1.807) is 0 Å². The van der Waals surface area contributed by atoms with Crippen molar-refractivity contribution < 1.29 is 0 Å². The Morgan fingerprint density at radius 2 is 1.67 bits per heavy atom. The molecule has 6 heavy (non-hydrogen) atoms. The Morgan fingerprint density at radius 1 is 1.50 bits per heavy atom. The van der Waals surface area contributed by atoms with Crippen LogP contribution < -0.4 is 0 Å². The van der Waals surface area contributed by atoms with Gasteiger partial charge in [-0.15, -0.1) is 0 Å². The van der Waals surface area contributed by atoms with Gasteiger partial charge in [-0.2, -0.15) is 12.6 Å². The summed E-state index contributed by atoms with van der Waals surface area (Å²) in [7, 11) is 1.00. The van der Waals surface area contributed by atoms with E-state index < -0.39 is 0 Å². The third-order valence-corrected chi connectivity index (χ3v) is 0.671. The summed E-state index contributed by atoms with van der Waals surface area (Å²) in [6, 6.07) is 0. The molecule has 0 nitrogen and oxygen atoms in total. The Kier molecular flexibility index (Phi) is 28.1. The maximum Gasteiger partial charge on any atom is 0.0652 e. The molecule has 0 atom stereocenters. The van der Waals surface area contributed by atoms with Gasteiger partial charge < -0.3 is 0 Å². The Labute approximate surface area is 53.6 Å². The second-order valence-electron chi connectivity index (χ2n) is 0.724. The van der Waals surface area contributed by atoms with Crippen molar-refractivity contribution in [3.63, 3.8) is 0 Å². The zero-order valence-corrected chi connectivity index (χ0v) is 8.10. The average Bonchev–Trinajstić information content (AvgIpc) is 1.72. The van der Waals surface area contributed by atoms with Gasteiger partial charge in [0.25, 0.3) is 0 Å². The minimum atomic E-state index is 1.00. The maximum atomic E-state index is 3.92. The second kappa shape index (κ2) is 16.8. The normalized spacial score (nSPS) is 6.50. The molecule has 0 spiro atoms. The molecule has 0 heterocycles. The van der Waals surface area contributed by atoms with Crippen LogP contribution in [0.4, 0.5) is 0 Å². The van der Waals surface area contributed by atoms with Crippen molar-refractivity contribution in [2.75, 3.05) is 5.75 Å². The van der Waals surface area contributed by atoms with Crippen LogP contribution in [0.25, 0.3) is 0 Å². The van der Waals surface area contributed by atoms with E-state index in [9.17, 15) is 0 Å². The molecule has 0 aliphatic heterocycles. The highest BCUT2D eigenvalue weighted by atomic mass is 32.3. The highest BCUT2D eigenvalue weighted by Crippen LogP contribution is 1.74. The lowest BCUT2D eigenvalue weighted by Crippen LogP contribution is -1.56. The topological polar surface area (TPSA) is 0 Å². The van der Waals surface area contributed by atoms with Gasteiger partial charge in [-0.3, -0.25) is 0 Å². The predicted molar refractivity (Wildman–Crippen MR) is 43.1 cm³/mol. The molecule has 40 valence electrons. The van der Waals surface area contributed by atoms with Crippen LogP contribution in [0, 0.1) is 0 Å². The number of thiol groups is 2. The first-order valence-electron chi connectivity index (χ1n) is 1.97. The van der Waals surface area contributed by atoms with Gasteiger partial charge in [0, 0.05) is 0 Å². The van der Waals surface area contributed by atoms with E-state index >= 15 is 0 Å². The highest BCUT2D eigenvalue weighted by Gasteiger charge is 1.57. The molecule has 0 rings (SSSR count). The quantitative estimate of drug-likeness (QED) is 0.385. The van der Waals surface area contributed by atoms with E-state index in [0.29, 0.717) is 0 Å². The zero-order valence-electron chi connectivity index (χ0n) is 4.31. The molecular formula is C3H12S2Si. The molecule has 0 saturated carbocycles. The number of rotatable bonds is 1. The summed E-state index contributed by atoms with van der Waals surface area (Å²) in [6.45, 7) is 2.10. The lowest BCUT2D eigenvalue weighted by molar-refractivity contribution is 1.11. The predicted octanol–water partition coefficient (Wildman–Crippen LogP) is 0.523. The molecule has 0 bridgehead atoms. The first-order valence-corrected chi connectivity index (χ1v) is 6.18. The summed E-state index contributed by atoms with van der Waals surface area (Å²) in [6.07, 6.45) is 1.18. The molecule has 0 fully saturated rings. The SMILES string of the molecule is CCCS.[SiH3]S. The first-order chi connectivity index (χ1) is 2.91. The average molecular weight is 140 g/mol. The summed E-state index contributed by atoms with van der Waals surface area (Å²) in [5, 5.41) is 0. The van der Waals surface area contributed by atoms with Crippen molar-refractivity contribution in [2.24, 2.45) is 0 Å². The molecule has 0 saturated heterocycles. The lowest BCUT2D eigenvalue weighted by Gasteiger charge is -1.67. The lowest BCUT2D eigenvalue weighted by atomic mass is 10.6. The smallest absolute Gasteiger partial charge is 0.0652 e. The van der Waals surface area contributed by atoms with E-state index in [0.717, 1.165) is 15.1 Å². The van der Waals surface area contributed by atoms with Crippen LogP contribution in [-0.2, 0) is 0 Å². The minimum absolute atomic E-state index is 1.00. The van der Waals surface area contributed by atoms with Gasteiger partial charge >= 0.3 is 0 Å². The fourth-order valence-electron chi connectivity index (χ4n) is 0. The van der Waals surface area contributed by atoms with Gasteiger partial charge in [0.2, 0.25) is 0 Å². The van der Waals surface area contributed by atoms with Gasteiger partial charge in [0.05, 0.1) is 9.39 Å². The largest absolute Gasteiger partial charge is 0.214 e. The summed E-state index contributed by atoms with van der Waals surface area (Å²) in [5.41, 5.74) is 0. The third-order valence-electron chi connectivity index (χ3n) is 0.224. The Hall–Kier alpha value is 0.917. The van der Waals surface area contributed by atoms with Crippen LogP contribution in [0.2, 0.25) is 0 Å². The van der Waals surface area contributed by atoms with Crippen LogP contribution in [0.15, 0.2) is 0 Å². The van der Waals surface area contributed by atoms with Crippen LogP contribution in [-0.4, -0.2) is 15.1 Å². The molecular weight excluding hydrogens is 128 g/mol. The standard InChI is InChI=1S/C3H8S.H4SSi/c1-2-3-4;1-2/h4H,2-3H2,1H3;1H,2H3. The van der Waals surface area contributed by atoms with Crippen molar-refractivity contribution in [1.82, 2.24) is 0 Å². The summed E-state index contributed by atoms with van der Waals surface area (Å²) in [5.74, 6) is 1.01. The molecule has 0 amide bonds. The molecule has 0 radical (unpaired) electrons. The molecule has 0 aromatic heterocycles. The Bertz CT molecular complexity index is 10.8. The molecule has 0 aliphatic carbocycles. The van der Waals surface area contributed by atoms with Crippen LogP contribution in [0.5, 0.6) is 0 Å². The Morgan fingerprint density at radius 3 is 1.67 bits per heavy atom. The van der Waals surface area contributed by atoms with Gasteiger partial charge in [-0.05, 0) is 12.2 Å². The molecule has 3 heteroatoms. The van der Waals surface area contributed by atoms with Crippen molar-refractivity contribution in [3.05, 3.63) is 0 Å². The van der Waals surface area contributed by atoms with Gasteiger partial charge in [-0.25, -0.2) is 12.1 Å². The first kappa shape index (κ1) is 10.0. The zero-order chi connectivity index (χ0) is 5.41. The van der Waals surface area contributed by atoms with Gasteiger partial charge in [-0.1, -0.05) is 6.92 Å². The van der Waals surface area contributed by atoms with Crippen molar-refractivity contribution in [2.45, 2.75) is 13.3 Å². The van der Waals surface area contributed by atoms with Crippen LogP contribution in [0.3, 0.4) is 0 Å². The van der Waals surface area contributed by atoms with E-state index in [-0.39, 0.29) is 0 Å². The van der Waals surface area contributed by atoms with E-state index in [2.05, 4.69) is 31.6 Å². The second-order valence-corrected chi connectivity index (χ2v) is 1.17. The summed E-state index contributed by atoms with van der Waals surface area (Å²) in [4.78, 5) is 0. The van der Waals surface area contributed by atoms with E-state index in [4.69, 9.17) is 0 Å². The Balaban J connectivity index is 0. The van der Waals surface area contributed by atoms with Crippen molar-refractivity contribution >= 4 is 34.1 Å². The van der Waals surface area contributed by atoms with Crippen molar-refractivity contribution in [3.8, 4) is 0 Å². The minimum Gasteiger partial charge on any atom is -0.214 e. The van der Waals surface area contributed by atoms with E-state index in [1.807, 2.05) is 0 Å². The fraction of sp³-hybridized carbons (Fsp3) is 1.00. The summed E-state index contributed by atoms with van der Waals surface area (Å²) < 4.78 is 0. The summed E-state index contributed by atoms with van der Waals surface area (Å²) >= 11 is 7.59. The third kappa shape index (κ3) is 20.5. The molecule has 0 aliphatic rings. The molecule has 0 aromatic rings. The van der Waals surface area contributed by atoms with Crippen LogP contribution >= 0.6 is 24.7 Å². The monoisotopic (exact) mass is 140 g/mol. The van der Waals surface area contributed by atoms with E-state index in [1.165, 1.54) is 6.42 Å². The maximum absolute atomic E-state index is 3.92. The van der Waals surface area contributed by atoms with Gasteiger partial charge in [0.15, 0.2) is 0 Å². The van der Waals surface area contributed by atoms with Crippen molar-refractivity contribution in [1.29, 1.82) is 0 Å². The molecule has 0 aromatic carbocycles. The van der Waals surface area contributed by atoms with Crippen LogP contribution in [0.1, 0.15) is 13.3 Å². The van der Waals surface area contributed by atoms with Gasteiger partial charge in [0.1, 0.15) is 0 Å². The number of hydrogen-bond donors (Lipinski definition) is 2. The number of hydrogen-bond acceptors (Lipinski definition) is 2. The highest BCUT2D eigenvalue weighted by molar-refractivity contribution is 8.03. The molecule has 0 N–H and O–H groups in total. The fourth-order valence-corrected chi connectivity index (χ4v) is 0.